The van der Waals surface area contributed by atoms with E-state index in [4.69, 9.17) is 0 Å². The van der Waals surface area contributed by atoms with E-state index < -0.39 is 0 Å². The molecule has 0 amide bonds. The van der Waals surface area contributed by atoms with E-state index in [0.717, 1.165) is 6.42 Å². The molecule has 0 N–H and O–H groups in total. The zero-order chi connectivity index (χ0) is 34.4. The Balaban J connectivity index is 1.27. The molecule has 0 heteroatoms. The molecule has 0 aliphatic heterocycles. The Bertz CT molecular complexity index is 2890. The van der Waals surface area contributed by atoms with Gasteiger partial charge in [0.15, 0.2) is 0 Å². The van der Waals surface area contributed by atoms with Gasteiger partial charge in [-0.3, -0.25) is 0 Å². The third kappa shape index (κ3) is 4.99. The second-order valence-electron chi connectivity index (χ2n) is 13.9. The zero-order valence-corrected chi connectivity index (χ0v) is 28.8. The van der Waals surface area contributed by atoms with Gasteiger partial charge in [-0.2, -0.15) is 0 Å². The Labute approximate surface area is 304 Å². The van der Waals surface area contributed by atoms with Crippen molar-refractivity contribution in [2.24, 2.45) is 0 Å². The Morgan fingerprint density at radius 3 is 1.15 bits per heavy atom. The molecule has 0 heterocycles. The summed E-state index contributed by atoms with van der Waals surface area (Å²) in [5, 5.41) is 10.4. The summed E-state index contributed by atoms with van der Waals surface area (Å²) in [6, 6.07) is 68.9. The van der Waals surface area contributed by atoms with Crippen LogP contribution in [0.1, 0.15) is 17.9 Å². The van der Waals surface area contributed by atoms with Crippen molar-refractivity contribution < 1.29 is 0 Å². The molecule has 10 rings (SSSR count). The zero-order valence-electron chi connectivity index (χ0n) is 28.8. The first-order valence-corrected chi connectivity index (χ1v) is 18.3. The van der Waals surface area contributed by atoms with Gasteiger partial charge in [0, 0.05) is 5.92 Å². The minimum absolute atomic E-state index is 0.222. The van der Waals surface area contributed by atoms with Crippen LogP contribution < -0.4 is 10.4 Å². The maximum absolute atomic E-state index is 2.57. The smallest absolute Gasteiger partial charge is 0.00624 e. The highest BCUT2D eigenvalue weighted by Crippen LogP contribution is 2.45. The van der Waals surface area contributed by atoms with E-state index in [1.165, 1.54) is 92.8 Å². The van der Waals surface area contributed by atoms with Crippen molar-refractivity contribution in [2.75, 3.05) is 0 Å². The van der Waals surface area contributed by atoms with Gasteiger partial charge < -0.3 is 0 Å². The molecule has 0 saturated carbocycles. The van der Waals surface area contributed by atoms with Gasteiger partial charge in [0.1, 0.15) is 0 Å². The predicted octanol–water partition coefficient (Wildman–Crippen LogP) is 12.6. The van der Waals surface area contributed by atoms with Gasteiger partial charge in [0.2, 0.25) is 0 Å². The van der Waals surface area contributed by atoms with Gasteiger partial charge in [-0.05, 0) is 105 Å². The molecular formula is C52H36. The molecule has 0 saturated heterocycles. The summed E-state index contributed by atoms with van der Waals surface area (Å²) < 4.78 is 0. The van der Waals surface area contributed by atoms with Crippen LogP contribution in [0.4, 0.5) is 0 Å². The summed E-state index contributed by atoms with van der Waals surface area (Å²) in [5.41, 5.74) is 11.6. The Hall–Kier alpha value is -6.50. The molecule has 52 heavy (non-hydrogen) atoms. The molecule has 0 radical (unpaired) electrons. The third-order valence-electron chi connectivity index (χ3n) is 11.0. The highest BCUT2D eigenvalue weighted by molar-refractivity contribution is 6.21. The van der Waals surface area contributed by atoms with Gasteiger partial charge in [0.25, 0.3) is 0 Å². The van der Waals surface area contributed by atoms with E-state index in [1.54, 1.807) is 0 Å². The molecule has 9 aromatic carbocycles. The van der Waals surface area contributed by atoms with E-state index in [1.807, 2.05) is 0 Å². The van der Waals surface area contributed by atoms with E-state index >= 15 is 0 Å². The first kappa shape index (κ1) is 30.3. The molecule has 244 valence electrons. The Kier molecular flexibility index (Phi) is 7.40. The molecule has 0 aromatic heterocycles. The quantitative estimate of drug-likeness (QED) is 0.161. The van der Waals surface area contributed by atoms with Gasteiger partial charge >= 0.3 is 0 Å². The number of rotatable bonds is 5. The van der Waals surface area contributed by atoms with Gasteiger partial charge in [-0.1, -0.05) is 194 Å². The first-order valence-electron chi connectivity index (χ1n) is 18.3. The molecule has 1 atom stereocenters. The minimum Gasteiger partial charge on any atom is -0.0751 e. The Morgan fingerprint density at radius 1 is 0.308 bits per heavy atom. The number of hydrogen-bond donors (Lipinski definition) is 0. The first-order chi connectivity index (χ1) is 25.8. The summed E-state index contributed by atoms with van der Waals surface area (Å²) in [6.07, 6.45) is 6.02. The number of hydrogen-bond acceptors (Lipinski definition) is 0. The lowest BCUT2D eigenvalue weighted by Gasteiger charge is -2.23. The largest absolute Gasteiger partial charge is 0.0751 e. The molecule has 1 aliphatic carbocycles. The van der Waals surface area contributed by atoms with Crippen molar-refractivity contribution >= 4 is 44.5 Å². The van der Waals surface area contributed by atoms with E-state index in [0.29, 0.717) is 0 Å². The van der Waals surface area contributed by atoms with Gasteiger partial charge in [0.05, 0.1) is 0 Å². The number of fused-ring (bicyclic) bond motifs is 4. The molecule has 0 spiro atoms. The molecular weight excluding hydrogens is 625 g/mol. The van der Waals surface area contributed by atoms with Crippen LogP contribution in [0.3, 0.4) is 0 Å². The average molecular weight is 661 g/mol. The van der Waals surface area contributed by atoms with Crippen molar-refractivity contribution in [1.82, 2.24) is 0 Å². The molecule has 0 bridgehead atoms. The molecule has 9 aromatic rings. The lowest BCUT2D eigenvalue weighted by Crippen LogP contribution is -2.33. The van der Waals surface area contributed by atoms with Crippen LogP contribution in [0.15, 0.2) is 188 Å². The third-order valence-corrected chi connectivity index (χ3v) is 11.0. The van der Waals surface area contributed by atoms with Crippen molar-refractivity contribution in [3.63, 3.8) is 0 Å². The second-order valence-corrected chi connectivity index (χ2v) is 13.9. The summed E-state index contributed by atoms with van der Waals surface area (Å²) in [6.45, 7) is 0. The maximum Gasteiger partial charge on any atom is 0.00624 e. The fourth-order valence-corrected chi connectivity index (χ4v) is 8.70. The van der Waals surface area contributed by atoms with Crippen molar-refractivity contribution in [3.8, 4) is 44.5 Å². The van der Waals surface area contributed by atoms with Crippen molar-refractivity contribution in [2.45, 2.75) is 12.3 Å². The topological polar surface area (TPSA) is 0 Å². The summed E-state index contributed by atoms with van der Waals surface area (Å²) in [4.78, 5) is 0. The van der Waals surface area contributed by atoms with Crippen LogP contribution in [0.2, 0.25) is 0 Å². The van der Waals surface area contributed by atoms with Crippen molar-refractivity contribution in [1.29, 1.82) is 0 Å². The normalized spacial score (nSPS) is 13.8. The average Bonchev–Trinajstić information content (AvgIpc) is 3.22. The maximum atomic E-state index is 2.57. The van der Waals surface area contributed by atoms with Crippen LogP contribution in [-0.4, -0.2) is 0 Å². The minimum atomic E-state index is 0.222. The van der Waals surface area contributed by atoms with Crippen LogP contribution >= 0.6 is 0 Å². The van der Waals surface area contributed by atoms with E-state index in [-0.39, 0.29) is 5.92 Å². The SMILES string of the molecule is C1=c2c(-c3ccccc3)c3ccccc3c(-c3ccccc3)c2=CC(c2ccc3c(-c4ccccc4)c4ccccc4c(-c4ccccc4)c3c2)C1. The molecule has 1 unspecified atom stereocenters. The highest BCUT2D eigenvalue weighted by atomic mass is 14.2. The van der Waals surface area contributed by atoms with Crippen LogP contribution in [-0.2, 0) is 0 Å². The standard InChI is InChI=1S/C52H36/c1-5-17-35(18-6-1)49-41-25-13-15-27-43(41)51(37-21-9-3-10-22-37)47-33-39(29-31-45(47)49)40-30-32-46-48(34-40)52(38-23-11-4-12-24-38)44-28-16-14-26-42(44)50(46)36-19-7-2-8-20-36/h1-29,31-34,40H,30H2. The summed E-state index contributed by atoms with van der Waals surface area (Å²) >= 11 is 0. The monoisotopic (exact) mass is 660 g/mol. The molecule has 0 fully saturated rings. The Morgan fingerprint density at radius 2 is 0.673 bits per heavy atom. The lowest BCUT2D eigenvalue weighted by atomic mass is 9.81. The molecule has 0 nitrogen and oxygen atoms in total. The number of benzene rings is 9. The summed E-state index contributed by atoms with van der Waals surface area (Å²) in [5.74, 6) is 0.222. The fourth-order valence-electron chi connectivity index (χ4n) is 8.70. The van der Waals surface area contributed by atoms with Gasteiger partial charge in [-0.25, -0.2) is 0 Å². The van der Waals surface area contributed by atoms with Crippen LogP contribution in [0.5, 0.6) is 0 Å². The van der Waals surface area contributed by atoms with E-state index in [2.05, 4.69) is 200 Å². The highest BCUT2D eigenvalue weighted by Gasteiger charge is 2.22. The predicted molar refractivity (Wildman–Crippen MR) is 223 cm³/mol. The lowest BCUT2D eigenvalue weighted by molar-refractivity contribution is 0.924. The second kappa shape index (κ2) is 12.7. The van der Waals surface area contributed by atoms with Gasteiger partial charge in [-0.15, -0.1) is 0 Å². The van der Waals surface area contributed by atoms with Crippen LogP contribution in [0.25, 0.3) is 89.0 Å². The fraction of sp³-hybridized carbons (Fsp3) is 0.0385. The summed E-state index contributed by atoms with van der Waals surface area (Å²) in [7, 11) is 0. The van der Waals surface area contributed by atoms with Crippen molar-refractivity contribution in [3.05, 3.63) is 204 Å². The van der Waals surface area contributed by atoms with E-state index in [9.17, 15) is 0 Å². The molecule has 1 aliphatic rings. The van der Waals surface area contributed by atoms with Crippen LogP contribution in [0, 0.1) is 0 Å².